The molecular formula is C25H23BrN2O2. The molecule has 1 heterocycles. The van der Waals surface area contributed by atoms with Crippen molar-refractivity contribution < 1.29 is 9.52 Å². The number of aromatic hydroxyl groups is 1. The topological polar surface area (TPSA) is 58.6 Å². The van der Waals surface area contributed by atoms with Crippen LogP contribution in [0.15, 0.2) is 68.5 Å². The predicted molar refractivity (Wildman–Crippen MR) is 126 cm³/mol. The molecule has 1 N–H and O–H groups in total. The van der Waals surface area contributed by atoms with Crippen LogP contribution in [0.4, 0.5) is 5.69 Å². The number of nitrogens with zero attached hydrogens (tertiary/aromatic N) is 2. The SMILES string of the molecule is CC[C@@H](C)c1ccc2oc(-c3ccc(N=Cc4cc(C)cc(Br)c4O)cc3)nc2c1. The molecule has 4 rings (SSSR count). The summed E-state index contributed by atoms with van der Waals surface area (Å²) in [5.41, 5.74) is 6.35. The van der Waals surface area contributed by atoms with Crippen LogP contribution in [-0.4, -0.2) is 16.3 Å². The van der Waals surface area contributed by atoms with Gasteiger partial charge in [-0.15, -0.1) is 0 Å². The van der Waals surface area contributed by atoms with Gasteiger partial charge in [-0.3, -0.25) is 4.99 Å². The van der Waals surface area contributed by atoms with Crippen molar-refractivity contribution in [2.75, 3.05) is 0 Å². The fraction of sp³-hybridized carbons (Fsp3) is 0.200. The summed E-state index contributed by atoms with van der Waals surface area (Å²) in [5, 5.41) is 10.2. The van der Waals surface area contributed by atoms with E-state index < -0.39 is 0 Å². The normalized spacial score (nSPS) is 12.7. The minimum atomic E-state index is 0.184. The van der Waals surface area contributed by atoms with Gasteiger partial charge in [0.2, 0.25) is 5.89 Å². The maximum atomic E-state index is 10.2. The molecule has 1 atom stereocenters. The third kappa shape index (κ3) is 4.17. The van der Waals surface area contributed by atoms with Gasteiger partial charge in [-0.2, -0.15) is 0 Å². The number of hydrogen-bond donors (Lipinski definition) is 1. The van der Waals surface area contributed by atoms with Crippen LogP contribution in [0.5, 0.6) is 5.75 Å². The third-order valence-electron chi connectivity index (χ3n) is 5.30. The van der Waals surface area contributed by atoms with Crippen LogP contribution in [0.25, 0.3) is 22.6 Å². The summed E-state index contributed by atoms with van der Waals surface area (Å²) < 4.78 is 6.60. The van der Waals surface area contributed by atoms with Gasteiger partial charge in [-0.1, -0.05) is 19.9 Å². The molecule has 4 aromatic rings. The lowest BCUT2D eigenvalue weighted by molar-refractivity contribution is 0.471. The maximum Gasteiger partial charge on any atom is 0.227 e. The zero-order valence-electron chi connectivity index (χ0n) is 17.2. The summed E-state index contributed by atoms with van der Waals surface area (Å²) >= 11 is 3.36. The van der Waals surface area contributed by atoms with Gasteiger partial charge in [-0.25, -0.2) is 4.98 Å². The third-order valence-corrected chi connectivity index (χ3v) is 5.90. The van der Waals surface area contributed by atoms with Gasteiger partial charge in [0.25, 0.3) is 0 Å². The van der Waals surface area contributed by atoms with Crippen molar-refractivity contribution in [3.05, 3.63) is 75.8 Å². The number of aromatic nitrogens is 1. The molecular weight excluding hydrogens is 440 g/mol. The average Bonchev–Trinajstić information content (AvgIpc) is 3.18. The fourth-order valence-electron chi connectivity index (χ4n) is 3.30. The van der Waals surface area contributed by atoms with E-state index in [9.17, 15) is 5.11 Å². The molecule has 0 bridgehead atoms. The van der Waals surface area contributed by atoms with Crippen molar-refractivity contribution in [1.29, 1.82) is 0 Å². The van der Waals surface area contributed by atoms with Crippen LogP contribution in [0, 0.1) is 6.92 Å². The van der Waals surface area contributed by atoms with Crippen LogP contribution in [-0.2, 0) is 0 Å². The van der Waals surface area contributed by atoms with Gasteiger partial charge in [0.1, 0.15) is 11.3 Å². The molecule has 3 aromatic carbocycles. The van der Waals surface area contributed by atoms with Crippen molar-refractivity contribution in [2.45, 2.75) is 33.1 Å². The van der Waals surface area contributed by atoms with E-state index in [-0.39, 0.29) is 5.75 Å². The molecule has 4 nitrogen and oxygen atoms in total. The van der Waals surface area contributed by atoms with E-state index in [2.05, 4.69) is 51.9 Å². The first kappa shape index (κ1) is 20.4. The van der Waals surface area contributed by atoms with Gasteiger partial charge in [-0.05, 0) is 94.9 Å². The highest BCUT2D eigenvalue weighted by molar-refractivity contribution is 9.10. The molecule has 0 amide bonds. The summed E-state index contributed by atoms with van der Waals surface area (Å²) in [4.78, 5) is 9.15. The Morgan fingerprint density at radius 1 is 1.13 bits per heavy atom. The second-order valence-electron chi connectivity index (χ2n) is 7.55. The van der Waals surface area contributed by atoms with E-state index in [0.717, 1.165) is 34.3 Å². The standard InChI is InChI=1S/C25H23BrN2O2/c1-4-16(3)18-7-10-23-22(13-18)28-25(30-23)17-5-8-20(9-6-17)27-14-19-11-15(2)12-21(26)24(19)29/h5-14,16,29H,4H2,1-3H3/t16-/m1/s1. The quantitative estimate of drug-likeness (QED) is 0.311. The van der Waals surface area contributed by atoms with Gasteiger partial charge >= 0.3 is 0 Å². The lowest BCUT2D eigenvalue weighted by Crippen LogP contribution is -1.90. The second kappa shape index (κ2) is 8.44. The van der Waals surface area contributed by atoms with Crippen LogP contribution in [0.2, 0.25) is 0 Å². The molecule has 0 saturated heterocycles. The zero-order valence-corrected chi connectivity index (χ0v) is 18.8. The van der Waals surface area contributed by atoms with Crippen LogP contribution < -0.4 is 0 Å². The summed E-state index contributed by atoms with van der Waals surface area (Å²) in [7, 11) is 0. The van der Waals surface area contributed by atoms with Gasteiger partial charge in [0, 0.05) is 17.3 Å². The molecule has 0 spiro atoms. The first-order valence-corrected chi connectivity index (χ1v) is 10.8. The smallest absolute Gasteiger partial charge is 0.227 e. The van der Waals surface area contributed by atoms with Crippen molar-refractivity contribution in [3.8, 4) is 17.2 Å². The Hall–Kier alpha value is -2.92. The van der Waals surface area contributed by atoms with Crippen LogP contribution in [0.3, 0.4) is 0 Å². The Bertz CT molecular complexity index is 1230. The number of hydrogen-bond acceptors (Lipinski definition) is 4. The number of fused-ring (bicyclic) bond motifs is 1. The number of phenols is 1. The van der Waals surface area contributed by atoms with Gasteiger partial charge < -0.3 is 9.52 Å². The molecule has 0 saturated carbocycles. The molecule has 0 fully saturated rings. The average molecular weight is 463 g/mol. The molecule has 0 aliphatic heterocycles. The lowest BCUT2D eigenvalue weighted by atomic mass is 9.98. The van der Waals surface area contributed by atoms with E-state index in [1.165, 1.54) is 5.56 Å². The molecule has 1 aromatic heterocycles. The molecule has 0 radical (unpaired) electrons. The number of benzene rings is 3. The van der Waals surface area contributed by atoms with Crippen LogP contribution >= 0.6 is 15.9 Å². The number of phenolic OH excluding ortho intramolecular Hbond substituents is 1. The highest BCUT2D eigenvalue weighted by Gasteiger charge is 2.11. The van der Waals surface area contributed by atoms with E-state index in [1.807, 2.05) is 49.4 Å². The molecule has 0 unspecified atom stereocenters. The Kier molecular flexibility index (Phi) is 5.73. The molecule has 30 heavy (non-hydrogen) atoms. The van der Waals surface area contributed by atoms with E-state index >= 15 is 0 Å². The summed E-state index contributed by atoms with van der Waals surface area (Å²) in [6.45, 7) is 6.38. The first-order valence-electron chi connectivity index (χ1n) is 9.98. The molecule has 152 valence electrons. The summed E-state index contributed by atoms with van der Waals surface area (Å²) in [6, 6.07) is 17.7. The first-order chi connectivity index (χ1) is 14.4. The van der Waals surface area contributed by atoms with Crippen molar-refractivity contribution in [1.82, 2.24) is 4.98 Å². The number of aliphatic imine (C=N–C) groups is 1. The van der Waals surface area contributed by atoms with Gasteiger partial charge in [0.15, 0.2) is 5.58 Å². The minimum Gasteiger partial charge on any atom is -0.506 e. The number of aryl methyl sites for hydroxylation is 1. The maximum absolute atomic E-state index is 10.2. The van der Waals surface area contributed by atoms with E-state index in [4.69, 9.17) is 4.42 Å². The monoisotopic (exact) mass is 462 g/mol. The number of oxazole rings is 1. The Morgan fingerprint density at radius 2 is 1.90 bits per heavy atom. The number of halogens is 1. The Balaban J connectivity index is 1.58. The summed E-state index contributed by atoms with van der Waals surface area (Å²) in [5.74, 6) is 1.28. The molecule has 0 aliphatic carbocycles. The zero-order chi connectivity index (χ0) is 21.3. The van der Waals surface area contributed by atoms with E-state index in [1.54, 1.807) is 6.21 Å². The number of rotatable bonds is 5. The Labute approximate surface area is 184 Å². The fourth-order valence-corrected chi connectivity index (χ4v) is 3.89. The van der Waals surface area contributed by atoms with Crippen molar-refractivity contribution >= 4 is 38.9 Å². The van der Waals surface area contributed by atoms with E-state index in [0.29, 0.717) is 21.8 Å². The summed E-state index contributed by atoms with van der Waals surface area (Å²) in [6.07, 6.45) is 2.76. The second-order valence-corrected chi connectivity index (χ2v) is 8.40. The van der Waals surface area contributed by atoms with Crippen LogP contribution in [0.1, 0.15) is 42.9 Å². The minimum absolute atomic E-state index is 0.184. The molecule has 0 aliphatic rings. The largest absolute Gasteiger partial charge is 0.506 e. The lowest BCUT2D eigenvalue weighted by Gasteiger charge is -2.07. The molecule has 5 heteroatoms. The predicted octanol–water partition coefficient (Wildman–Crippen LogP) is 7.54. The van der Waals surface area contributed by atoms with Crippen molar-refractivity contribution in [2.24, 2.45) is 4.99 Å². The van der Waals surface area contributed by atoms with Gasteiger partial charge in [0.05, 0.1) is 10.2 Å². The highest BCUT2D eigenvalue weighted by Crippen LogP contribution is 2.30. The van der Waals surface area contributed by atoms with Crippen molar-refractivity contribution in [3.63, 3.8) is 0 Å². The highest BCUT2D eigenvalue weighted by atomic mass is 79.9. The Morgan fingerprint density at radius 3 is 2.63 bits per heavy atom.